The average Bonchev–Trinajstić information content (AvgIpc) is 2.75. The third-order valence-electron chi connectivity index (χ3n) is 3.37. The van der Waals surface area contributed by atoms with Gasteiger partial charge in [-0.05, 0) is 17.9 Å². The van der Waals surface area contributed by atoms with Gasteiger partial charge in [-0.15, -0.1) is 0 Å². The van der Waals surface area contributed by atoms with E-state index in [2.05, 4.69) is 15.6 Å². The van der Waals surface area contributed by atoms with Gasteiger partial charge in [-0.1, -0.05) is 0 Å². The maximum absolute atomic E-state index is 5.09. The zero-order valence-electron chi connectivity index (χ0n) is 8.73. The Morgan fingerprint density at radius 1 is 1.47 bits per heavy atom. The number of aromatic nitrogens is 1. The van der Waals surface area contributed by atoms with Gasteiger partial charge in [0.25, 0.3) is 0 Å². The van der Waals surface area contributed by atoms with Crippen LogP contribution in [0.3, 0.4) is 0 Å². The Hall–Kier alpha value is -1.29. The van der Waals surface area contributed by atoms with E-state index in [0.717, 1.165) is 30.6 Å². The Morgan fingerprint density at radius 2 is 2.27 bits per heavy atom. The largest absolute Gasteiger partial charge is 0.481 e. The summed E-state index contributed by atoms with van der Waals surface area (Å²) in [6, 6.07) is 4.59. The highest BCUT2D eigenvalue weighted by atomic mass is 16.5. The van der Waals surface area contributed by atoms with Crippen LogP contribution < -0.4 is 15.4 Å². The van der Waals surface area contributed by atoms with E-state index in [1.165, 1.54) is 0 Å². The lowest BCUT2D eigenvalue weighted by Crippen LogP contribution is -2.21. The minimum atomic E-state index is 0.651. The number of rotatable bonds is 3. The summed E-state index contributed by atoms with van der Waals surface area (Å²) < 4.78 is 5.09. The first-order valence-corrected chi connectivity index (χ1v) is 5.36. The summed E-state index contributed by atoms with van der Waals surface area (Å²) in [4.78, 5) is 4.08. The molecule has 2 atom stereocenters. The molecule has 2 fully saturated rings. The van der Waals surface area contributed by atoms with E-state index in [1.54, 1.807) is 13.3 Å². The molecule has 1 saturated carbocycles. The molecule has 0 spiro atoms. The number of piperidine rings is 1. The first-order chi connectivity index (χ1) is 7.38. The van der Waals surface area contributed by atoms with E-state index >= 15 is 0 Å². The molecule has 2 heterocycles. The number of anilines is 1. The quantitative estimate of drug-likeness (QED) is 0.763. The maximum atomic E-state index is 5.09. The second kappa shape index (κ2) is 3.38. The predicted molar refractivity (Wildman–Crippen MR) is 58.0 cm³/mol. The van der Waals surface area contributed by atoms with Gasteiger partial charge in [0, 0.05) is 37.1 Å². The molecule has 2 aliphatic rings. The molecule has 3 rings (SSSR count). The highest BCUT2D eigenvalue weighted by molar-refractivity contribution is 5.48. The topological polar surface area (TPSA) is 46.2 Å². The van der Waals surface area contributed by atoms with Crippen molar-refractivity contribution in [2.45, 2.75) is 6.04 Å². The number of hydrogen-bond acceptors (Lipinski definition) is 4. The van der Waals surface area contributed by atoms with Gasteiger partial charge in [-0.25, -0.2) is 4.98 Å². The number of methoxy groups -OCH3 is 1. The molecule has 1 aromatic rings. The lowest BCUT2D eigenvalue weighted by atomic mass is 10.3. The van der Waals surface area contributed by atoms with Gasteiger partial charge in [0.05, 0.1) is 7.11 Å². The Bertz CT molecular complexity index is 359. The zero-order valence-corrected chi connectivity index (χ0v) is 8.73. The van der Waals surface area contributed by atoms with Gasteiger partial charge in [-0.2, -0.15) is 0 Å². The molecule has 80 valence electrons. The summed E-state index contributed by atoms with van der Waals surface area (Å²) >= 11 is 0. The van der Waals surface area contributed by atoms with Crippen molar-refractivity contribution in [3.63, 3.8) is 0 Å². The SMILES string of the molecule is COc1cc(NC2C3CNCC32)ccn1. The Morgan fingerprint density at radius 3 is 3.00 bits per heavy atom. The maximum Gasteiger partial charge on any atom is 0.214 e. The zero-order chi connectivity index (χ0) is 10.3. The third-order valence-corrected chi connectivity index (χ3v) is 3.37. The number of fused-ring (bicyclic) bond motifs is 1. The van der Waals surface area contributed by atoms with Crippen LogP contribution in [0.4, 0.5) is 5.69 Å². The molecule has 2 N–H and O–H groups in total. The normalized spacial score (nSPS) is 32.2. The monoisotopic (exact) mass is 205 g/mol. The number of ether oxygens (including phenoxy) is 1. The van der Waals surface area contributed by atoms with Crippen LogP contribution in [-0.2, 0) is 0 Å². The summed E-state index contributed by atoms with van der Waals surface area (Å²) in [5.74, 6) is 2.32. The van der Waals surface area contributed by atoms with Crippen LogP contribution in [0.15, 0.2) is 18.3 Å². The van der Waals surface area contributed by atoms with Gasteiger partial charge in [0.15, 0.2) is 0 Å². The number of hydrogen-bond donors (Lipinski definition) is 2. The second-order valence-electron chi connectivity index (χ2n) is 4.24. The van der Waals surface area contributed by atoms with Crippen LogP contribution >= 0.6 is 0 Å². The van der Waals surface area contributed by atoms with Crippen molar-refractivity contribution in [2.24, 2.45) is 11.8 Å². The standard InChI is InChI=1S/C11H15N3O/c1-15-10-4-7(2-3-13-10)14-11-8-5-12-6-9(8)11/h2-4,8-9,11-12H,5-6H2,1H3,(H,13,14). The highest BCUT2D eigenvalue weighted by Gasteiger charge is 2.52. The molecule has 0 bridgehead atoms. The summed E-state index contributed by atoms with van der Waals surface area (Å²) in [6.45, 7) is 2.31. The lowest BCUT2D eigenvalue weighted by molar-refractivity contribution is 0.398. The van der Waals surface area contributed by atoms with Gasteiger partial charge in [0.1, 0.15) is 0 Å². The summed E-state index contributed by atoms with van der Waals surface area (Å²) in [6.07, 6.45) is 1.78. The predicted octanol–water partition coefficient (Wildman–Crippen LogP) is 0.720. The lowest BCUT2D eigenvalue weighted by Gasteiger charge is -2.09. The molecule has 1 aliphatic carbocycles. The molecular formula is C11H15N3O. The molecule has 1 saturated heterocycles. The second-order valence-corrected chi connectivity index (χ2v) is 4.24. The van der Waals surface area contributed by atoms with Gasteiger partial charge in [-0.3, -0.25) is 0 Å². The van der Waals surface area contributed by atoms with Crippen LogP contribution in [-0.4, -0.2) is 31.2 Å². The van der Waals surface area contributed by atoms with Crippen molar-refractivity contribution < 1.29 is 4.74 Å². The van der Waals surface area contributed by atoms with Crippen molar-refractivity contribution >= 4 is 5.69 Å². The van der Waals surface area contributed by atoms with Crippen molar-refractivity contribution in [1.82, 2.24) is 10.3 Å². The van der Waals surface area contributed by atoms with Crippen molar-refractivity contribution in [3.05, 3.63) is 18.3 Å². The van der Waals surface area contributed by atoms with Crippen LogP contribution in [0.1, 0.15) is 0 Å². The summed E-state index contributed by atoms with van der Waals surface area (Å²) in [7, 11) is 1.64. The molecule has 4 nitrogen and oxygen atoms in total. The first kappa shape index (κ1) is 8.97. The minimum absolute atomic E-state index is 0.651. The van der Waals surface area contributed by atoms with Crippen LogP contribution in [0, 0.1) is 11.8 Å². The van der Waals surface area contributed by atoms with Crippen LogP contribution in [0.25, 0.3) is 0 Å². The van der Waals surface area contributed by atoms with E-state index < -0.39 is 0 Å². The molecule has 0 amide bonds. The molecule has 0 aromatic carbocycles. The van der Waals surface area contributed by atoms with Gasteiger partial charge in [0.2, 0.25) is 5.88 Å². The van der Waals surface area contributed by atoms with E-state index in [4.69, 9.17) is 4.74 Å². The number of nitrogens with zero attached hydrogens (tertiary/aromatic N) is 1. The summed E-state index contributed by atoms with van der Waals surface area (Å²) in [5.41, 5.74) is 1.11. The fraction of sp³-hybridized carbons (Fsp3) is 0.545. The fourth-order valence-electron chi connectivity index (χ4n) is 2.44. The van der Waals surface area contributed by atoms with Gasteiger partial charge >= 0.3 is 0 Å². The molecule has 2 unspecified atom stereocenters. The number of pyridine rings is 1. The van der Waals surface area contributed by atoms with E-state index in [0.29, 0.717) is 11.9 Å². The Kier molecular flexibility index (Phi) is 2.02. The number of nitrogens with one attached hydrogen (secondary N) is 2. The van der Waals surface area contributed by atoms with E-state index in [9.17, 15) is 0 Å². The molecular weight excluding hydrogens is 190 g/mol. The van der Waals surface area contributed by atoms with Crippen LogP contribution in [0.2, 0.25) is 0 Å². The molecule has 4 heteroatoms. The van der Waals surface area contributed by atoms with Crippen LogP contribution in [0.5, 0.6) is 5.88 Å². The average molecular weight is 205 g/mol. The smallest absolute Gasteiger partial charge is 0.214 e. The van der Waals surface area contributed by atoms with Gasteiger partial charge < -0.3 is 15.4 Å². The fourth-order valence-corrected chi connectivity index (χ4v) is 2.44. The minimum Gasteiger partial charge on any atom is -0.481 e. The van der Waals surface area contributed by atoms with Crippen molar-refractivity contribution in [3.8, 4) is 5.88 Å². The van der Waals surface area contributed by atoms with E-state index in [-0.39, 0.29) is 0 Å². The molecule has 1 aromatic heterocycles. The van der Waals surface area contributed by atoms with E-state index in [1.807, 2.05) is 12.1 Å². The van der Waals surface area contributed by atoms with Crippen molar-refractivity contribution in [2.75, 3.05) is 25.5 Å². The Balaban J connectivity index is 1.67. The third kappa shape index (κ3) is 1.55. The first-order valence-electron chi connectivity index (χ1n) is 5.36. The Labute approximate surface area is 89.0 Å². The highest BCUT2D eigenvalue weighted by Crippen LogP contribution is 2.43. The molecule has 15 heavy (non-hydrogen) atoms. The molecule has 1 aliphatic heterocycles. The van der Waals surface area contributed by atoms with Crippen molar-refractivity contribution in [1.29, 1.82) is 0 Å². The molecule has 0 radical (unpaired) electrons. The summed E-state index contributed by atoms with van der Waals surface area (Å²) in [5, 5.41) is 6.92.